The van der Waals surface area contributed by atoms with Crippen molar-refractivity contribution in [3.63, 3.8) is 0 Å². The van der Waals surface area contributed by atoms with Gasteiger partial charge in [-0.25, -0.2) is 14.0 Å². The molecule has 166 valence electrons. The van der Waals surface area contributed by atoms with E-state index in [0.29, 0.717) is 11.6 Å². The molecule has 0 aliphatic carbocycles. The van der Waals surface area contributed by atoms with Crippen molar-refractivity contribution in [2.24, 2.45) is 0 Å². The molecule has 31 heavy (non-hydrogen) atoms. The molecule has 0 aliphatic rings. The lowest BCUT2D eigenvalue weighted by Gasteiger charge is -2.08. The van der Waals surface area contributed by atoms with Crippen LogP contribution in [0.3, 0.4) is 0 Å². The molecule has 10 heteroatoms. The first-order valence-corrected chi connectivity index (χ1v) is 13.0. The number of hydrogen-bond acceptors (Lipinski definition) is 4. The molecule has 0 heterocycles. The summed E-state index contributed by atoms with van der Waals surface area (Å²) < 4.78 is 45.0. The van der Waals surface area contributed by atoms with E-state index in [1.165, 1.54) is 7.11 Å². The van der Waals surface area contributed by atoms with Crippen molar-refractivity contribution >= 4 is 35.9 Å². The minimum atomic E-state index is -3.17. The second kappa shape index (κ2) is 11.6. The van der Waals surface area contributed by atoms with Gasteiger partial charge in [0.1, 0.15) is 8.07 Å². The number of ether oxygens (including phenoxy) is 2. The molecule has 1 N–H and O–H groups in total. The van der Waals surface area contributed by atoms with E-state index < -0.39 is 32.2 Å². The Hall–Kier alpha value is -2.77. The fourth-order valence-corrected chi connectivity index (χ4v) is 3.04. The van der Waals surface area contributed by atoms with Gasteiger partial charge < -0.3 is 14.6 Å². The Morgan fingerprint density at radius 2 is 1.77 bits per heavy atom. The number of esters is 1. The molecule has 0 radical (unpaired) electrons. The fourth-order valence-electron chi connectivity index (χ4n) is 1.99. The minimum Gasteiger partial charge on any atom is -0.478 e. The summed E-state index contributed by atoms with van der Waals surface area (Å²) in [6.45, 7) is 3.38. The molecule has 0 saturated heterocycles. The summed E-state index contributed by atoms with van der Waals surface area (Å²) in [5.74, 6) is -0.455. The molecule has 0 aliphatic heterocycles. The van der Waals surface area contributed by atoms with Crippen LogP contribution in [-0.4, -0.2) is 38.8 Å². The Morgan fingerprint density at radius 1 is 1.13 bits per heavy atom. The van der Waals surface area contributed by atoms with E-state index >= 15 is 0 Å². The zero-order valence-electron chi connectivity index (χ0n) is 17.1. The van der Waals surface area contributed by atoms with Crippen LogP contribution in [0.5, 0.6) is 5.75 Å². The summed E-state index contributed by atoms with van der Waals surface area (Å²) in [5, 5.41) is 8.53. The van der Waals surface area contributed by atoms with Crippen LogP contribution in [0.15, 0.2) is 40.9 Å². The fraction of sp³-hybridized carbons (Fsp3) is 0.238. The average molecular weight is 517 g/mol. The van der Waals surface area contributed by atoms with Crippen LogP contribution < -0.4 is 4.74 Å². The molecule has 2 rings (SSSR count). The Kier molecular flexibility index (Phi) is 9.80. The van der Waals surface area contributed by atoms with Crippen LogP contribution in [0.2, 0.25) is 19.6 Å². The van der Waals surface area contributed by atoms with E-state index in [1.807, 2.05) is 12.1 Å². The molecule has 0 bridgehead atoms. The van der Waals surface area contributed by atoms with Crippen LogP contribution in [0.25, 0.3) is 0 Å². The van der Waals surface area contributed by atoms with Crippen molar-refractivity contribution in [2.45, 2.75) is 26.3 Å². The first-order valence-electron chi connectivity index (χ1n) is 8.72. The topological polar surface area (TPSA) is 72.8 Å². The first kappa shape index (κ1) is 26.3. The van der Waals surface area contributed by atoms with E-state index in [-0.39, 0.29) is 16.0 Å². The van der Waals surface area contributed by atoms with Crippen LogP contribution in [-0.2, 0) is 4.74 Å². The van der Waals surface area contributed by atoms with Gasteiger partial charge in [0.15, 0.2) is 11.6 Å². The molecule has 0 fully saturated rings. The van der Waals surface area contributed by atoms with E-state index in [2.05, 4.69) is 56.5 Å². The highest BCUT2D eigenvalue weighted by molar-refractivity contribution is 9.10. The lowest BCUT2D eigenvalue weighted by atomic mass is 10.1. The minimum absolute atomic E-state index is 0.180. The average Bonchev–Trinajstić information content (AvgIpc) is 2.68. The van der Waals surface area contributed by atoms with Gasteiger partial charge in [-0.1, -0.05) is 31.6 Å². The number of halogens is 4. The van der Waals surface area contributed by atoms with Gasteiger partial charge in [0, 0.05) is 5.56 Å². The van der Waals surface area contributed by atoms with Crippen molar-refractivity contribution in [2.75, 3.05) is 7.11 Å². The van der Waals surface area contributed by atoms with E-state index in [1.54, 1.807) is 12.1 Å². The Labute approximate surface area is 187 Å². The summed E-state index contributed by atoms with van der Waals surface area (Å²) in [7, 11) is 0.00756. The predicted molar refractivity (Wildman–Crippen MR) is 116 cm³/mol. The van der Waals surface area contributed by atoms with Crippen molar-refractivity contribution in [1.29, 1.82) is 0 Å². The maximum atomic E-state index is 13.1. The molecular formula is C21H20BrF3O5Si. The monoisotopic (exact) mass is 516 g/mol. The third kappa shape index (κ3) is 9.27. The largest absolute Gasteiger partial charge is 0.478 e. The van der Waals surface area contributed by atoms with Crippen molar-refractivity contribution < 1.29 is 37.3 Å². The number of benzene rings is 2. The van der Waals surface area contributed by atoms with Crippen LogP contribution in [0.1, 0.15) is 26.3 Å². The third-order valence-electron chi connectivity index (χ3n) is 3.32. The lowest BCUT2D eigenvalue weighted by molar-refractivity contribution is -0.0527. The number of carbonyl (C=O) groups excluding carboxylic acids is 1. The SMILES string of the molecule is COC(=O)c1cccc(C#C[Si](C)(C)C)c1.O=C(O)c1cc(F)c(OC(F)F)c(Br)c1. The molecular weight excluding hydrogens is 497 g/mol. The molecule has 0 amide bonds. The Bertz CT molecular complexity index is 987. The summed E-state index contributed by atoms with van der Waals surface area (Å²) in [4.78, 5) is 21.8. The zero-order valence-corrected chi connectivity index (χ0v) is 19.7. The Morgan fingerprint density at radius 3 is 2.26 bits per heavy atom. The Balaban J connectivity index is 0.000000311. The van der Waals surface area contributed by atoms with Gasteiger partial charge in [-0.05, 0) is 46.3 Å². The molecule has 0 atom stereocenters. The van der Waals surface area contributed by atoms with Crippen LogP contribution in [0.4, 0.5) is 13.2 Å². The van der Waals surface area contributed by atoms with Crippen molar-refractivity contribution in [3.8, 4) is 17.2 Å². The standard InChI is InChI=1S/C13H16O2Si.C8H4BrF3O3/c1-15-13(14)12-7-5-6-11(10-12)8-9-16(2,3)4;9-4-1-3(7(13)14)2-5(10)6(4)15-8(11)12/h5-7,10H,1-4H3;1-2,8H,(H,13,14). The molecule has 2 aromatic carbocycles. The second-order valence-corrected chi connectivity index (χ2v) is 12.6. The van der Waals surface area contributed by atoms with Gasteiger partial charge in [0.25, 0.3) is 0 Å². The van der Waals surface area contributed by atoms with E-state index in [0.717, 1.165) is 11.6 Å². The van der Waals surface area contributed by atoms with Crippen LogP contribution in [0, 0.1) is 17.3 Å². The van der Waals surface area contributed by atoms with Crippen molar-refractivity contribution in [1.82, 2.24) is 0 Å². The molecule has 0 saturated carbocycles. The summed E-state index contributed by atoms with van der Waals surface area (Å²) in [6.07, 6.45) is 0. The quantitative estimate of drug-likeness (QED) is 0.325. The lowest BCUT2D eigenvalue weighted by Crippen LogP contribution is -2.16. The highest BCUT2D eigenvalue weighted by Gasteiger charge is 2.17. The number of carboxylic acid groups (broad SMARTS) is 1. The van der Waals surface area contributed by atoms with E-state index in [9.17, 15) is 22.8 Å². The van der Waals surface area contributed by atoms with Gasteiger partial charge in [-0.15, -0.1) is 5.54 Å². The summed E-state index contributed by atoms with van der Waals surface area (Å²) >= 11 is 2.73. The van der Waals surface area contributed by atoms with Gasteiger partial charge >= 0.3 is 18.6 Å². The summed E-state index contributed by atoms with van der Waals surface area (Å²) in [5.41, 5.74) is 4.31. The summed E-state index contributed by atoms with van der Waals surface area (Å²) in [6, 6.07) is 8.79. The number of carboxylic acids is 1. The van der Waals surface area contributed by atoms with Crippen molar-refractivity contribution in [3.05, 3.63) is 63.4 Å². The van der Waals surface area contributed by atoms with Gasteiger partial charge in [-0.2, -0.15) is 8.78 Å². The highest BCUT2D eigenvalue weighted by Crippen LogP contribution is 2.30. The number of alkyl halides is 2. The van der Waals surface area contributed by atoms with E-state index in [4.69, 9.17) is 5.11 Å². The smallest absolute Gasteiger partial charge is 0.387 e. The van der Waals surface area contributed by atoms with Gasteiger partial charge in [0.05, 0.1) is 22.7 Å². The normalized spacial score (nSPS) is 10.4. The third-order valence-corrected chi connectivity index (χ3v) is 4.78. The molecule has 5 nitrogen and oxygen atoms in total. The molecule has 0 spiro atoms. The first-order chi connectivity index (χ1) is 14.3. The molecule has 0 aromatic heterocycles. The number of methoxy groups -OCH3 is 1. The van der Waals surface area contributed by atoms with Gasteiger partial charge in [0.2, 0.25) is 0 Å². The second-order valence-electron chi connectivity index (χ2n) is 7.03. The van der Waals surface area contributed by atoms with Gasteiger partial charge in [-0.3, -0.25) is 0 Å². The number of carbonyl (C=O) groups is 2. The number of aromatic carboxylic acids is 1. The molecule has 0 unspecified atom stereocenters. The highest BCUT2D eigenvalue weighted by atomic mass is 79.9. The number of hydrogen-bond donors (Lipinski definition) is 1. The predicted octanol–water partition coefficient (Wildman–Crippen LogP) is 5.59. The zero-order chi connectivity index (χ0) is 23.8. The number of rotatable bonds is 4. The molecule has 2 aromatic rings. The maximum absolute atomic E-state index is 13.1. The maximum Gasteiger partial charge on any atom is 0.387 e. The van der Waals surface area contributed by atoms with Crippen LogP contribution >= 0.6 is 15.9 Å².